The van der Waals surface area contributed by atoms with Gasteiger partial charge in [0.2, 0.25) is 12.7 Å². The number of anilines is 1. The summed E-state index contributed by atoms with van der Waals surface area (Å²) < 4.78 is 15.5. The number of carbonyl (C=O) groups excluding carboxylic acids is 2. The highest BCUT2D eigenvalue weighted by atomic mass is 16.7. The number of para-hydroxylation sites is 1. The van der Waals surface area contributed by atoms with E-state index in [1.807, 2.05) is 6.07 Å². The number of ether oxygens (including phenoxy) is 3. The molecule has 0 radical (unpaired) electrons. The first-order chi connectivity index (χ1) is 16.0. The highest BCUT2D eigenvalue weighted by molar-refractivity contribution is 6.11. The second-order valence-corrected chi connectivity index (χ2v) is 7.88. The highest BCUT2D eigenvalue weighted by Crippen LogP contribution is 2.51. The van der Waals surface area contributed by atoms with Gasteiger partial charge >= 0.3 is 5.97 Å². The van der Waals surface area contributed by atoms with Gasteiger partial charge in [0, 0.05) is 17.3 Å². The summed E-state index contributed by atoms with van der Waals surface area (Å²) in [5.74, 6) is -0.205. The number of hydrogen-bond donors (Lipinski definition) is 2. The molecule has 2 heterocycles. The summed E-state index contributed by atoms with van der Waals surface area (Å²) in [5, 5.41) is 21.4. The molecule has 8 nitrogen and oxygen atoms in total. The molecule has 33 heavy (non-hydrogen) atoms. The van der Waals surface area contributed by atoms with E-state index in [0.717, 1.165) is 5.56 Å². The molecule has 2 N–H and O–H groups in total. The predicted molar refractivity (Wildman–Crippen MR) is 118 cm³/mol. The Balaban J connectivity index is 1.58. The van der Waals surface area contributed by atoms with Crippen LogP contribution in [0.5, 0.6) is 17.2 Å². The van der Waals surface area contributed by atoms with Gasteiger partial charge in [-0.05, 0) is 35.4 Å². The van der Waals surface area contributed by atoms with Crippen molar-refractivity contribution in [2.45, 2.75) is 12.0 Å². The number of phenolic OH excluding ortho intramolecular Hbond substituents is 1. The van der Waals surface area contributed by atoms with Gasteiger partial charge in [0.05, 0.1) is 25.8 Å². The van der Waals surface area contributed by atoms with Crippen LogP contribution in [0.1, 0.15) is 27.0 Å². The van der Waals surface area contributed by atoms with Crippen molar-refractivity contribution in [1.82, 2.24) is 0 Å². The maximum Gasteiger partial charge on any atom is 0.337 e. The fourth-order valence-corrected chi connectivity index (χ4v) is 4.50. The summed E-state index contributed by atoms with van der Waals surface area (Å²) in [6.45, 7) is -0.319. The molecule has 3 aromatic carbocycles. The molecular formula is C25H21NO7. The van der Waals surface area contributed by atoms with Gasteiger partial charge in [0.25, 0.3) is 0 Å². The smallest absolute Gasteiger partial charge is 0.337 e. The van der Waals surface area contributed by atoms with Crippen molar-refractivity contribution in [3.05, 3.63) is 82.9 Å². The second kappa shape index (κ2) is 7.83. The Morgan fingerprint density at radius 3 is 2.45 bits per heavy atom. The molecule has 5 rings (SSSR count). The minimum atomic E-state index is -1.51. The number of methoxy groups -OCH3 is 1. The van der Waals surface area contributed by atoms with Crippen molar-refractivity contribution in [1.29, 1.82) is 0 Å². The van der Waals surface area contributed by atoms with E-state index >= 15 is 0 Å². The lowest BCUT2D eigenvalue weighted by Gasteiger charge is -2.28. The average Bonchev–Trinajstić information content (AvgIpc) is 3.39. The Labute approximate surface area is 189 Å². The van der Waals surface area contributed by atoms with Crippen LogP contribution in [-0.4, -0.2) is 42.6 Å². The molecule has 0 spiro atoms. The van der Waals surface area contributed by atoms with Crippen molar-refractivity contribution in [2.24, 2.45) is 0 Å². The van der Waals surface area contributed by atoms with Crippen molar-refractivity contribution in [3.63, 3.8) is 0 Å². The minimum Gasteiger partial charge on any atom is -0.507 e. The largest absolute Gasteiger partial charge is 0.507 e. The molecular weight excluding hydrogens is 426 g/mol. The molecule has 0 fully saturated rings. The van der Waals surface area contributed by atoms with Gasteiger partial charge in [-0.3, -0.25) is 4.79 Å². The molecule has 0 aromatic heterocycles. The highest BCUT2D eigenvalue weighted by Gasteiger charge is 2.53. The Hall–Kier alpha value is -4.04. The number of aromatic hydroxyl groups is 1. The molecule has 0 saturated carbocycles. The number of rotatable bonds is 5. The van der Waals surface area contributed by atoms with Crippen molar-refractivity contribution in [3.8, 4) is 17.2 Å². The molecule has 8 heteroatoms. The van der Waals surface area contributed by atoms with Crippen LogP contribution >= 0.6 is 0 Å². The van der Waals surface area contributed by atoms with Crippen LogP contribution in [0.15, 0.2) is 60.7 Å². The Morgan fingerprint density at radius 1 is 1.06 bits per heavy atom. The van der Waals surface area contributed by atoms with Crippen molar-refractivity contribution >= 4 is 17.6 Å². The summed E-state index contributed by atoms with van der Waals surface area (Å²) in [6, 6.07) is 16.9. The number of hydrogen-bond acceptors (Lipinski definition) is 7. The minimum absolute atomic E-state index is 0.0164. The fraction of sp³-hybridized carbons (Fsp3) is 0.200. The molecule has 2 aliphatic heterocycles. The third-order valence-corrected chi connectivity index (χ3v) is 6.17. The maximum absolute atomic E-state index is 13.9. The van der Waals surface area contributed by atoms with E-state index in [0.29, 0.717) is 28.3 Å². The topological polar surface area (TPSA) is 106 Å². The third kappa shape index (κ3) is 3.10. The van der Waals surface area contributed by atoms with Gasteiger partial charge in [-0.15, -0.1) is 0 Å². The molecule has 0 saturated heterocycles. The van der Waals surface area contributed by atoms with Crippen molar-refractivity contribution < 1.29 is 34.0 Å². The van der Waals surface area contributed by atoms with Crippen LogP contribution in [0, 0.1) is 0 Å². The SMILES string of the molecule is COC(=O)c1ccc(CN2C(=O)C(CO)(c3cc4c(cc3O)OCO4)c3ccccc32)cc1. The number of aliphatic hydroxyl groups is 1. The van der Waals surface area contributed by atoms with Crippen LogP contribution in [-0.2, 0) is 21.5 Å². The van der Waals surface area contributed by atoms with E-state index in [4.69, 9.17) is 14.2 Å². The number of amides is 1. The van der Waals surface area contributed by atoms with Crippen LogP contribution in [0.25, 0.3) is 0 Å². The lowest BCUT2D eigenvalue weighted by molar-refractivity contribution is -0.123. The molecule has 2 aliphatic rings. The van der Waals surface area contributed by atoms with Crippen LogP contribution in [0.4, 0.5) is 5.69 Å². The molecule has 1 atom stereocenters. The van der Waals surface area contributed by atoms with E-state index in [9.17, 15) is 19.8 Å². The van der Waals surface area contributed by atoms with Gasteiger partial charge in [0.15, 0.2) is 11.5 Å². The monoisotopic (exact) mass is 447 g/mol. The average molecular weight is 447 g/mol. The van der Waals surface area contributed by atoms with E-state index in [2.05, 4.69) is 0 Å². The number of nitrogens with zero attached hydrogens (tertiary/aromatic N) is 1. The lowest BCUT2D eigenvalue weighted by Crippen LogP contribution is -2.43. The zero-order chi connectivity index (χ0) is 23.2. The van der Waals surface area contributed by atoms with E-state index in [1.165, 1.54) is 13.2 Å². The van der Waals surface area contributed by atoms with Crippen LogP contribution in [0.3, 0.4) is 0 Å². The third-order valence-electron chi connectivity index (χ3n) is 6.17. The molecule has 1 amide bonds. The van der Waals surface area contributed by atoms with Gasteiger partial charge in [-0.25, -0.2) is 4.79 Å². The number of esters is 1. The fourth-order valence-electron chi connectivity index (χ4n) is 4.50. The molecule has 1 unspecified atom stereocenters. The summed E-state index contributed by atoms with van der Waals surface area (Å²) >= 11 is 0. The van der Waals surface area contributed by atoms with Crippen LogP contribution < -0.4 is 14.4 Å². The van der Waals surface area contributed by atoms with Gasteiger partial charge in [-0.2, -0.15) is 0 Å². The molecule has 0 aliphatic carbocycles. The van der Waals surface area contributed by atoms with Crippen LogP contribution in [0.2, 0.25) is 0 Å². The molecule has 0 bridgehead atoms. The summed E-state index contributed by atoms with van der Waals surface area (Å²) in [7, 11) is 1.32. The van der Waals surface area contributed by atoms with E-state index < -0.39 is 18.0 Å². The lowest BCUT2D eigenvalue weighted by atomic mass is 9.75. The Morgan fingerprint density at radius 2 is 1.76 bits per heavy atom. The quantitative estimate of drug-likeness (QED) is 0.580. The standard InChI is InChI=1S/C25H21NO7/c1-31-23(29)16-8-6-15(7-9-16)12-26-19-5-3-2-4-17(19)25(13-27,24(26)30)18-10-21-22(11-20(18)28)33-14-32-21/h2-11,27-28H,12-14H2,1H3. The molecule has 3 aromatic rings. The number of carbonyl (C=O) groups is 2. The summed E-state index contributed by atoms with van der Waals surface area (Å²) in [4.78, 5) is 27.2. The van der Waals surface area contributed by atoms with Gasteiger partial charge < -0.3 is 29.3 Å². The summed E-state index contributed by atoms with van der Waals surface area (Å²) in [6.07, 6.45) is 0. The number of benzene rings is 3. The normalized spacial score (nSPS) is 18.4. The van der Waals surface area contributed by atoms with Gasteiger partial charge in [-0.1, -0.05) is 30.3 Å². The first-order valence-corrected chi connectivity index (χ1v) is 10.3. The summed E-state index contributed by atoms with van der Waals surface area (Å²) in [5.41, 5.74) is 1.14. The zero-order valence-corrected chi connectivity index (χ0v) is 17.8. The van der Waals surface area contributed by atoms with Crippen molar-refractivity contribution in [2.75, 3.05) is 25.4 Å². The van der Waals surface area contributed by atoms with E-state index in [-0.39, 0.29) is 30.6 Å². The number of phenols is 1. The second-order valence-electron chi connectivity index (χ2n) is 7.88. The Bertz CT molecular complexity index is 1250. The predicted octanol–water partition coefficient (Wildman–Crippen LogP) is 2.73. The maximum atomic E-state index is 13.9. The first-order valence-electron chi connectivity index (χ1n) is 10.3. The van der Waals surface area contributed by atoms with Gasteiger partial charge in [0.1, 0.15) is 11.2 Å². The Kier molecular flexibility index (Phi) is 4.94. The number of fused-ring (bicyclic) bond motifs is 2. The van der Waals surface area contributed by atoms with E-state index in [1.54, 1.807) is 53.4 Å². The molecule has 168 valence electrons. The zero-order valence-electron chi connectivity index (χ0n) is 17.8. The number of aliphatic hydroxyl groups excluding tert-OH is 1. The first kappa shape index (κ1) is 20.8.